The highest BCUT2D eigenvalue weighted by Gasteiger charge is 2.31. The number of ether oxygens (including phenoxy) is 1. The minimum absolute atomic E-state index is 0. The van der Waals surface area contributed by atoms with Crippen LogP contribution in [0.1, 0.15) is 0 Å². The normalized spacial score (nSPS) is 11.8. The molecule has 92 valence electrons. The van der Waals surface area contributed by atoms with E-state index in [2.05, 4.69) is 4.74 Å². The van der Waals surface area contributed by atoms with Gasteiger partial charge in [0.05, 0.1) is 4.90 Å². The lowest BCUT2D eigenvalue weighted by atomic mass is 10.3. The van der Waals surface area contributed by atoms with Crippen LogP contribution in [0, 0.1) is 0 Å². The number of rotatable bonds is 2. The first-order valence-electron chi connectivity index (χ1n) is 3.52. The van der Waals surface area contributed by atoms with E-state index in [0.717, 1.165) is 24.3 Å². The third-order valence-electron chi connectivity index (χ3n) is 1.36. The van der Waals surface area contributed by atoms with E-state index >= 15 is 0 Å². The van der Waals surface area contributed by atoms with Gasteiger partial charge in [0.25, 0.3) is 10.1 Å². The molecule has 0 aromatic heterocycles. The molecule has 0 amide bonds. The monoisotopic (exact) mass is 277 g/mol. The van der Waals surface area contributed by atoms with E-state index in [1.165, 1.54) is 0 Å². The van der Waals surface area contributed by atoms with Crippen molar-refractivity contribution in [3.05, 3.63) is 24.3 Å². The Kier molecular flexibility index (Phi) is 4.59. The van der Waals surface area contributed by atoms with Gasteiger partial charge in [-0.2, -0.15) is 8.42 Å². The lowest BCUT2D eigenvalue weighted by molar-refractivity contribution is -0.274. The van der Waals surface area contributed by atoms with Crippen molar-refractivity contribution in [1.82, 2.24) is 0 Å². The predicted octanol–water partition coefficient (Wildman–Crippen LogP) is -1.16. The van der Waals surface area contributed by atoms with Gasteiger partial charge in [0.2, 0.25) is 0 Å². The lowest BCUT2D eigenvalue weighted by Crippen LogP contribution is -3.00. The molecule has 0 spiro atoms. The zero-order chi connectivity index (χ0) is 11.7. The van der Waals surface area contributed by atoms with E-state index < -0.39 is 27.1 Å². The van der Waals surface area contributed by atoms with Gasteiger partial charge >= 0.3 is 6.36 Å². The first-order chi connectivity index (χ1) is 6.68. The van der Waals surface area contributed by atoms with Crippen LogP contribution in [0.15, 0.2) is 29.2 Å². The van der Waals surface area contributed by atoms with E-state index in [0.29, 0.717) is 0 Å². The fraction of sp³-hybridized carbons (Fsp3) is 0.143. The Morgan fingerprint density at radius 3 is 1.88 bits per heavy atom. The SMILES string of the molecule is O=S(=O)(O)c1ccc(OC(F)(F)F)cc1.[Cl-]. The minimum atomic E-state index is -4.83. The van der Waals surface area contributed by atoms with Gasteiger partial charge in [0, 0.05) is 0 Å². The summed E-state index contributed by atoms with van der Waals surface area (Å²) in [5.41, 5.74) is 0. The fourth-order valence-electron chi connectivity index (χ4n) is 0.813. The molecule has 4 nitrogen and oxygen atoms in total. The maximum atomic E-state index is 11.7. The van der Waals surface area contributed by atoms with E-state index in [1.54, 1.807) is 0 Å². The summed E-state index contributed by atoms with van der Waals surface area (Å²) in [7, 11) is -4.40. The summed E-state index contributed by atoms with van der Waals surface area (Å²) in [4.78, 5) is -0.503. The van der Waals surface area contributed by atoms with Crippen molar-refractivity contribution in [3.63, 3.8) is 0 Å². The lowest BCUT2D eigenvalue weighted by Gasteiger charge is -2.08. The van der Waals surface area contributed by atoms with Crippen LogP contribution in [-0.4, -0.2) is 19.3 Å². The zero-order valence-electron chi connectivity index (χ0n) is 7.40. The first kappa shape index (κ1) is 15.0. The summed E-state index contributed by atoms with van der Waals surface area (Å²) in [6.07, 6.45) is -4.83. The molecular weight excluding hydrogens is 273 g/mol. The molecule has 0 saturated carbocycles. The molecule has 1 aromatic carbocycles. The topological polar surface area (TPSA) is 63.6 Å². The molecule has 0 aliphatic rings. The van der Waals surface area contributed by atoms with Gasteiger partial charge in [-0.25, -0.2) is 0 Å². The van der Waals surface area contributed by atoms with Crippen LogP contribution in [0.3, 0.4) is 0 Å². The second-order valence-electron chi connectivity index (χ2n) is 2.49. The van der Waals surface area contributed by atoms with Crippen molar-refractivity contribution < 1.29 is 43.3 Å². The van der Waals surface area contributed by atoms with Crippen molar-refractivity contribution >= 4 is 10.1 Å². The molecule has 1 N–H and O–H groups in total. The first-order valence-corrected chi connectivity index (χ1v) is 4.96. The third-order valence-corrected chi connectivity index (χ3v) is 2.22. The summed E-state index contributed by atoms with van der Waals surface area (Å²) in [6, 6.07) is 3.18. The van der Waals surface area contributed by atoms with Crippen molar-refractivity contribution in [1.29, 1.82) is 0 Å². The number of benzene rings is 1. The van der Waals surface area contributed by atoms with Crippen molar-refractivity contribution in [2.24, 2.45) is 0 Å². The summed E-state index contributed by atoms with van der Waals surface area (Å²) in [5, 5.41) is 0. The van der Waals surface area contributed by atoms with Gasteiger partial charge in [-0.15, -0.1) is 13.2 Å². The standard InChI is InChI=1S/C7H5F3O4S.ClH/c8-7(9,10)14-5-1-3-6(4-2-5)15(11,12)13;/h1-4H,(H,11,12,13);1H/p-1. The molecule has 9 heteroatoms. The number of alkyl halides is 3. The van der Waals surface area contributed by atoms with Gasteiger partial charge in [-0.05, 0) is 24.3 Å². The van der Waals surface area contributed by atoms with Crippen LogP contribution >= 0.6 is 0 Å². The molecule has 1 aromatic rings. The molecule has 0 bridgehead atoms. The Morgan fingerprint density at radius 2 is 1.56 bits per heavy atom. The van der Waals surface area contributed by atoms with Crippen molar-refractivity contribution in [2.45, 2.75) is 11.3 Å². The number of hydrogen-bond acceptors (Lipinski definition) is 3. The molecule has 0 heterocycles. The highest BCUT2D eigenvalue weighted by molar-refractivity contribution is 7.85. The Labute approximate surface area is 95.2 Å². The molecule has 0 fully saturated rings. The molecule has 0 unspecified atom stereocenters. The Bertz CT molecular complexity index is 440. The van der Waals surface area contributed by atoms with Gasteiger partial charge in [-0.3, -0.25) is 4.55 Å². The number of halogens is 4. The smallest absolute Gasteiger partial charge is 0.573 e. The maximum absolute atomic E-state index is 11.7. The van der Waals surface area contributed by atoms with E-state index in [4.69, 9.17) is 4.55 Å². The Morgan fingerprint density at radius 1 is 1.12 bits per heavy atom. The second-order valence-corrected chi connectivity index (χ2v) is 3.92. The van der Waals surface area contributed by atoms with Crippen LogP contribution in [0.5, 0.6) is 5.75 Å². The largest absolute Gasteiger partial charge is 1.00 e. The second kappa shape index (κ2) is 4.89. The molecule has 0 atom stereocenters. The van der Waals surface area contributed by atoms with E-state index in [-0.39, 0.29) is 12.4 Å². The summed E-state index contributed by atoms with van der Waals surface area (Å²) < 4.78 is 68.1. The van der Waals surface area contributed by atoms with Crippen LogP contribution in [0.25, 0.3) is 0 Å². The van der Waals surface area contributed by atoms with Crippen LogP contribution in [0.2, 0.25) is 0 Å². The van der Waals surface area contributed by atoms with Gasteiger partial charge in [0.1, 0.15) is 5.75 Å². The molecule has 0 aliphatic heterocycles. The van der Waals surface area contributed by atoms with Crippen LogP contribution in [0.4, 0.5) is 13.2 Å². The highest BCUT2D eigenvalue weighted by Crippen LogP contribution is 2.23. The predicted molar refractivity (Wildman–Crippen MR) is 42.9 cm³/mol. The fourth-order valence-corrected chi connectivity index (χ4v) is 1.29. The molecular formula is C7H5ClF3O4S-. The Balaban J connectivity index is 0.00000225. The van der Waals surface area contributed by atoms with E-state index in [9.17, 15) is 21.6 Å². The molecule has 0 radical (unpaired) electrons. The average Bonchev–Trinajstić information content (AvgIpc) is 2.00. The van der Waals surface area contributed by atoms with Gasteiger partial charge in [-0.1, -0.05) is 0 Å². The molecule has 0 saturated heterocycles. The average molecular weight is 278 g/mol. The van der Waals surface area contributed by atoms with Gasteiger partial charge in [0.15, 0.2) is 0 Å². The summed E-state index contributed by atoms with van der Waals surface area (Å²) in [6.45, 7) is 0. The number of hydrogen-bond donors (Lipinski definition) is 1. The summed E-state index contributed by atoms with van der Waals surface area (Å²) >= 11 is 0. The van der Waals surface area contributed by atoms with Gasteiger partial charge < -0.3 is 17.1 Å². The molecule has 0 aliphatic carbocycles. The summed E-state index contributed by atoms with van der Waals surface area (Å²) in [5.74, 6) is -0.560. The molecule has 16 heavy (non-hydrogen) atoms. The van der Waals surface area contributed by atoms with Crippen LogP contribution < -0.4 is 17.1 Å². The Hall–Kier alpha value is -0.990. The van der Waals surface area contributed by atoms with E-state index in [1.807, 2.05) is 0 Å². The zero-order valence-corrected chi connectivity index (χ0v) is 8.97. The highest BCUT2D eigenvalue weighted by atomic mass is 35.5. The van der Waals surface area contributed by atoms with Crippen LogP contribution in [-0.2, 0) is 10.1 Å². The maximum Gasteiger partial charge on any atom is 0.573 e. The quantitative estimate of drug-likeness (QED) is 0.693. The van der Waals surface area contributed by atoms with Crippen molar-refractivity contribution in [2.75, 3.05) is 0 Å². The minimum Gasteiger partial charge on any atom is -1.00 e. The third kappa shape index (κ3) is 4.69. The van der Waals surface area contributed by atoms with Crippen molar-refractivity contribution in [3.8, 4) is 5.75 Å². The molecule has 1 rings (SSSR count).